The van der Waals surface area contributed by atoms with E-state index in [-0.39, 0.29) is 5.75 Å². The zero-order valence-electron chi connectivity index (χ0n) is 11.9. The SMILES string of the molecule is Oc1ccc2ccccc2c1N=Nc1ccc(SC(F)F)cc1. The lowest BCUT2D eigenvalue weighted by Crippen LogP contribution is -1.80. The molecular weight excluding hydrogens is 318 g/mol. The number of phenolic OH excluding ortho intramolecular Hbond substituents is 1. The molecular formula is C17H12F2N2OS. The van der Waals surface area contributed by atoms with Crippen LogP contribution in [0.1, 0.15) is 0 Å². The first-order valence-corrected chi connectivity index (χ1v) is 7.69. The van der Waals surface area contributed by atoms with Gasteiger partial charge in [-0.1, -0.05) is 42.1 Å². The van der Waals surface area contributed by atoms with Crippen molar-refractivity contribution in [2.45, 2.75) is 10.7 Å². The van der Waals surface area contributed by atoms with Gasteiger partial charge in [0.05, 0.1) is 5.69 Å². The molecule has 0 bridgehead atoms. The Morgan fingerprint density at radius 3 is 2.35 bits per heavy atom. The molecule has 3 nitrogen and oxygen atoms in total. The molecule has 1 N–H and O–H groups in total. The van der Waals surface area contributed by atoms with Crippen molar-refractivity contribution >= 4 is 33.9 Å². The molecule has 0 heterocycles. The van der Waals surface area contributed by atoms with Crippen LogP contribution < -0.4 is 0 Å². The number of rotatable bonds is 4. The molecule has 0 fully saturated rings. The molecule has 0 atom stereocenters. The number of phenols is 1. The fraction of sp³-hybridized carbons (Fsp3) is 0.0588. The third-order valence-electron chi connectivity index (χ3n) is 3.21. The summed E-state index contributed by atoms with van der Waals surface area (Å²) in [4.78, 5) is 0.465. The van der Waals surface area contributed by atoms with E-state index in [1.54, 1.807) is 36.4 Å². The number of azo groups is 1. The topological polar surface area (TPSA) is 45.0 Å². The highest BCUT2D eigenvalue weighted by Crippen LogP contribution is 2.36. The van der Waals surface area contributed by atoms with Crippen molar-refractivity contribution in [2.75, 3.05) is 0 Å². The molecule has 0 amide bonds. The number of aromatic hydroxyl groups is 1. The smallest absolute Gasteiger partial charge is 0.288 e. The minimum absolute atomic E-state index is 0.0392. The molecule has 0 saturated heterocycles. The Hall–Kier alpha value is -2.47. The van der Waals surface area contributed by atoms with Gasteiger partial charge in [-0.25, -0.2) is 0 Å². The summed E-state index contributed by atoms with van der Waals surface area (Å²) in [5.74, 6) is -2.41. The van der Waals surface area contributed by atoms with Gasteiger partial charge in [0, 0.05) is 10.3 Å². The Morgan fingerprint density at radius 1 is 0.870 bits per heavy atom. The van der Waals surface area contributed by atoms with Crippen LogP contribution in [0.2, 0.25) is 0 Å². The molecule has 3 rings (SSSR count). The van der Waals surface area contributed by atoms with Gasteiger partial charge in [0.2, 0.25) is 0 Å². The molecule has 6 heteroatoms. The third kappa shape index (κ3) is 3.65. The van der Waals surface area contributed by atoms with E-state index < -0.39 is 5.76 Å². The van der Waals surface area contributed by atoms with Gasteiger partial charge >= 0.3 is 0 Å². The summed E-state index contributed by atoms with van der Waals surface area (Å²) in [7, 11) is 0. The van der Waals surface area contributed by atoms with Crippen molar-refractivity contribution in [1.82, 2.24) is 0 Å². The van der Waals surface area contributed by atoms with Crippen molar-refractivity contribution in [3.8, 4) is 5.75 Å². The Kier molecular flexibility index (Phi) is 4.52. The van der Waals surface area contributed by atoms with Crippen LogP contribution in [0.25, 0.3) is 10.8 Å². The summed E-state index contributed by atoms with van der Waals surface area (Å²) in [6.07, 6.45) is 0. The number of fused-ring (bicyclic) bond motifs is 1. The van der Waals surface area contributed by atoms with Gasteiger partial charge in [-0.15, -0.1) is 5.11 Å². The lowest BCUT2D eigenvalue weighted by Gasteiger charge is -2.03. The monoisotopic (exact) mass is 330 g/mol. The van der Waals surface area contributed by atoms with E-state index in [4.69, 9.17) is 0 Å². The first-order valence-electron chi connectivity index (χ1n) is 6.81. The van der Waals surface area contributed by atoms with Crippen molar-refractivity contribution in [3.05, 3.63) is 60.7 Å². The highest BCUT2D eigenvalue weighted by Gasteiger charge is 2.06. The van der Waals surface area contributed by atoms with E-state index in [1.807, 2.05) is 24.3 Å². The van der Waals surface area contributed by atoms with Crippen LogP contribution >= 0.6 is 11.8 Å². The number of halogens is 2. The zero-order chi connectivity index (χ0) is 16.2. The predicted molar refractivity (Wildman–Crippen MR) is 88.1 cm³/mol. The lowest BCUT2D eigenvalue weighted by atomic mass is 10.1. The van der Waals surface area contributed by atoms with Crippen molar-refractivity contribution < 1.29 is 13.9 Å². The van der Waals surface area contributed by atoms with Gasteiger partial charge in [-0.3, -0.25) is 0 Å². The van der Waals surface area contributed by atoms with E-state index >= 15 is 0 Å². The van der Waals surface area contributed by atoms with E-state index in [1.165, 1.54) is 0 Å². The van der Waals surface area contributed by atoms with Gasteiger partial charge < -0.3 is 5.11 Å². The maximum absolute atomic E-state index is 12.3. The normalized spacial score (nSPS) is 11.6. The standard InChI is InChI=1S/C17H12F2N2OS/c18-17(19)23-13-8-6-12(7-9-13)20-21-16-14-4-2-1-3-11(14)5-10-15(16)22/h1-10,17,22H. The Morgan fingerprint density at radius 2 is 1.61 bits per heavy atom. The number of hydrogen-bond acceptors (Lipinski definition) is 4. The van der Waals surface area contributed by atoms with Crippen molar-refractivity contribution in [3.63, 3.8) is 0 Å². The van der Waals surface area contributed by atoms with E-state index in [0.29, 0.717) is 28.0 Å². The average Bonchev–Trinajstić information content (AvgIpc) is 2.55. The molecule has 3 aromatic rings. The summed E-state index contributed by atoms with van der Waals surface area (Å²) in [6, 6.07) is 17.3. The van der Waals surface area contributed by atoms with Crippen LogP contribution in [-0.4, -0.2) is 10.9 Å². The Balaban J connectivity index is 1.89. The summed E-state index contributed by atoms with van der Waals surface area (Å²) in [5, 5.41) is 19.9. The summed E-state index contributed by atoms with van der Waals surface area (Å²) >= 11 is 0.480. The second kappa shape index (κ2) is 6.75. The molecule has 0 saturated carbocycles. The second-order valence-corrected chi connectivity index (χ2v) is 5.79. The molecule has 0 aromatic heterocycles. The van der Waals surface area contributed by atoms with Gasteiger partial charge in [0.25, 0.3) is 5.76 Å². The molecule has 0 aliphatic carbocycles. The minimum Gasteiger partial charge on any atom is -0.506 e. The number of hydrogen-bond donors (Lipinski definition) is 1. The molecule has 0 radical (unpaired) electrons. The molecule has 0 spiro atoms. The van der Waals surface area contributed by atoms with Crippen LogP contribution in [-0.2, 0) is 0 Å². The Bertz CT molecular complexity index is 851. The van der Waals surface area contributed by atoms with E-state index in [0.717, 1.165) is 10.8 Å². The molecule has 0 aliphatic heterocycles. The van der Waals surface area contributed by atoms with Crippen LogP contribution in [0, 0.1) is 0 Å². The summed E-state index contributed by atoms with van der Waals surface area (Å²) in [5.41, 5.74) is 0.907. The minimum atomic E-state index is -2.45. The molecule has 0 unspecified atom stereocenters. The van der Waals surface area contributed by atoms with Crippen molar-refractivity contribution in [1.29, 1.82) is 0 Å². The zero-order valence-corrected chi connectivity index (χ0v) is 12.7. The van der Waals surface area contributed by atoms with E-state index in [9.17, 15) is 13.9 Å². The third-order valence-corrected chi connectivity index (χ3v) is 3.93. The largest absolute Gasteiger partial charge is 0.506 e. The highest BCUT2D eigenvalue weighted by molar-refractivity contribution is 7.99. The molecule has 3 aromatic carbocycles. The first-order chi connectivity index (χ1) is 11.1. The van der Waals surface area contributed by atoms with Crippen LogP contribution in [0.5, 0.6) is 5.75 Å². The van der Waals surface area contributed by atoms with Gasteiger partial charge in [0.15, 0.2) is 0 Å². The molecule has 23 heavy (non-hydrogen) atoms. The number of nitrogens with zero attached hydrogens (tertiary/aromatic N) is 2. The van der Waals surface area contributed by atoms with Crippen LogP contribution in [0.3, 0.4) is 0 Å². The second-order valence-electron chi connectivity index (χ2n) is 4.73. The first kappa shape index (κ1) is 15.4. The number of thioether (sulfide) groups is 1. The van der Waals surface area contributed by atoms with Crippen LogP contribution in [0.4, 0.5) is 20.2 Å². The van der Waals surface area contributed by atoms with Gasteiger partial charge in [-0.2, -0.15) is 13.9 Å². The number of alkyl halides is 2. The van der Waals surface area contributed by atoms with Crippen molar-refractivity contribution in [2.24, 2.45) is 10.2 Å². The quantitative estimate of drug-likeness (QED) is 0.452. The highest BCUT2D eigenvalue weighted by atomic mass is 32.2. The van der Waals surface area contributed by atoms with Gasteiger partial charge in [0.1, 0.15) is 11.4 Å². The predicted octanol–water partition coefficient (Wildman–Crippen LogP) is 6.28. The lowest BCUT2D eigenvalue weighted by molar-refractivity contribution is 0.252. The summed E-state index contributed by atoms with van der Waals surface area (Å²) in [6.45, 7) is 0. The van der Waals surface area contributed by atoms with Gasteiger partial charge in [-0.05, 0) is 35.7 Å². The number of benzene rings is 3. The molecule has 0 aliphatic rings. The maximum Gasteiger partial charge on any atom is 0.288 e. The van der Waals surface area contributed by atoms with E-state index in [2.05, 4.69) is 10.2 Å². The molecule has 116 valence electrons. The van der Waals surface area contributed by atoms with Crippen LogP contribution in [0.15, 0.2) is 75.8 Å². The average molecular weight is 330 g/mol. The fourth-order valence-electron chi connectivity index (χ4n) is 2.15. The Labute approximate surface area is 135 Å². The summed E-state index contributed by atoms with van der Waals surface area (Å²) < 4.78 is 24.6. The fourth-order valence-corrected chi connectivity index (χ4v) is 2.65. The maximum atomic E-state index is 12.3.